The van der Waals surface area contributed by atoms with E-state index in [2.05, 4.69) is 0 Å². The maximum atomic E-state index is 12.4. The molecule has 0 aliphatic carbocycles. The smallest absolute Gasteiger partial charge is 0.338 e. The molecule has 1 heterocycles. The number of aryl methyl sites for hydroxylation is 1. The standard InChI is InChI=1S/C21H23NO5S/c1-3-15-5-7-16(8-6-15)21(24)27-14-20(23)18-9-10-19-17(13-18)11-12-22(19)28(25,26)4-2/h5-10,13H,3-4,11-12,14H2,1-2H3. The first-order valence-corrected chi connectivity index (χ1v) is 10.9. The Labute approximate surface area is 165 Å². The van der Waals surface area contributed by atoms with Crippen molar-refractivity contribution in [1.82, 2.24) is 0 Å². The fourth-order valence-electron chi connectivity index (χ4n) is 3.16. The fraction of sp³-hybridized carbons (Fsp3) is 0.333. The van der Waals surface area contributed by atoms with Crippen LogP contribution in [-0.2, 0) is 27.6 Å². The van der Waals surface area contributed by atoms with Gasteiger partial charge in [0.25, 0.3) is 0 Å². The van der Waals surface area contributed by atoms with Crippen molar-refractivity contribution in [2.45, 2.75) is 26.7 Å². The largest absolute Gasteiger partial charge is 0.454 e. The number of esters is 1. The van der Waals surface area contributed by atoms with E-state index in [9.17, 15) is 18.0 Å². The third-order valence-electron chi connectivity index (χ3n) is 4.89. The molecular weight excluding hydrogens is 378 g/mol. The van der Waals surface area contributed by atoms with Crippen molar-refractivity contribution in [2.75, 3.05) is 23.2 Å². The van der Waals surface area contributed by atoms with Gasteiger partial charge in [0.1, 0.15) is 0 Å². The Hall–Kier alpha value is -2.67. The highest BCUT2D eigenvalue weighted by atomic mass is 32.2. The molecule has 0 radical (unpaired) electrons. The van der Waals surface area contributed by atoms with Crippen LogP contribution in [0.3, 0.4) is 0 Å². The molecule has 148 valence electrons. The second-order valence-corrected chi connectivity index (χ2v) is 8.80. The number of nitrogens with zero attached hydrogens (tertiary/aromatic N) is 1. The number of carbonyl (C=O) groups is 2. The van der Waals surface area contributed by atoms with Crippen molar-refractivity contribution >= 4 is 27.5 Å². The van der Waals surface area contributed by atoms with E-state index in [4.69, 9.17) is 4.74 Å². The van der Waals surface area contributed by atoms with Crippen LogP contribution in [0.2, 0.25) is 0 Å². The first kappa shape index (κ1) is 20.1. The molecule has 0 atom stereocenters. The number of fused-ring (bicyclic) bond motifs is 1. The predicted octanol–water partition coefficient (Wildman–Crippen LogP) is 3.00. The second-order valence-electron chi connectivity index (χ2n) is 6.62. The Kier molecular flexibility index (Phi) is 5.84. The quantitative estimate of drug-likeness (QED) is 0.526. The van der Waals surface area contributed by atoms with Crippen molar-refractivity contribution in [3.63, 3.8) is 0 Å². The van der Waals surface area contributed by atoms with Crippen molar-refractivity contribution in [1.29, 1.82) is 0 Å². The number of anilines is 1. The van der Waals surface area contributed by atoms with Crippen LogP contribution >= 0.6 is 0 Å². The Bertz CT molecular complexity index is 996. The molecule has 6 nitrogen and oxygen atoms in total. The third kappa shape index (κ3) is 4.09. The van der Waals surface area contributed by atoms with Crippen LogP contribution in [0.15, 0.2) is 42.5 Å². The number of sulfonamides is 1. The number of carbonyl (C=O) groups excluding carboxylic acids is 2. The number of ketones is 1. The normalized spacial score (nSPS) is 13.3. The Morgan fingerprint density at radius 2 is 1.71 bits per heavy atom. The Morgan fingerprint density at radius 3 is 2.36 bits per heavy atom. The van der Waals surface area contributed by atoms with Gasteiger partial charge in [0.05, 0.1) is 17.0 Å². The van der Waals surface area contributed by atoms with Gasteiger partial charge in [0, 0.05) is 12.1 Å². The Balaban J connectivity index is 1.66. The van der Waals surface area contributed by atoms with E-state index in [1.165, 1.54) is 4.31 Å². The molecule has 0 saturated carbocycles. The second kappa shape index (κ2) is 8.14. The molecule has 7 heteroatoms. The van der Waals surface area contributed by atoms with Gasteiger partial charge < -0.3 is 4.74 Å². The van der Waals surface area contributed by atoms with Gasteiger partial charge >= 0.3 is 5.97 Å². The van der Waals surface area contributed by atoms with Crippen molar-refractivity contribution < 1.29 is 22.7 Å². The van der Waals surface area contributed by atoms with Crippen LogP contribution in [0.1, 0.15) is 45.7 Å². The van der Waals surface area contributed by atoms with Gasteiger partial charge in [-0.15, -0.1) is 0 Å². The average Bonchev–Trinajstić information content (AvgIpc) is 3.16. The lowest BCUT2D eigenvalue weighted by Crippen LogP contribution is -2.30. The molecule has 1 aliphatic rings. The summed E-state index contributed by atoms with van der Waals surface area (Å²) in [5.74, 6) is -0.835. The van der Waals surface area contributed by atoms with E-state index in [1.807, 2.05) is 19.1 Å². The number of benzene rings is 2. The van der Waals surface area contributed by atoms with E-state index >= 15 is 0 Å². The van der Waals surface area contributed by atoms with Gasteiger partial charge in [-0.1, -0.05) is 19.1 Å². The lowest BCUT2D eigenvalue weighted by Gasteiger charge is -2.18. The molecule has 2 aromatic rings. The maximum Gasteiger partial charge on any atom is 0.338 e. The minimum atomic E-state index is -3.32. The molecule has 3 rings (SSSR count). The van der Waals surface area contributed by atoms with Crippen LogP contribution in [0, 0.1) is 0 Å². The number of Topliss-reactive ketones (excluding diaryl/α,β-unsaturated/α-hetero) is 1. The molecule has 28 heavy (non-hydrogen) atoms. The molecule has 2 aromatic carbocycles. The number of hydrogen-bond acceptors (Lipinski definition) is 5. The van der Waals surface area contributed by atoms with Gasteiger partial charge in [0.2, 0.25) is 10.0 Å². The van der Waals surface area contributed by atoms with Gasteiger partial charge in [-0.2, -0.15) is 0 Å². The molecular formula is C21H23NO5S. The summed E-state index contributed by atoms with van der Waals surface area (Å²) in [6.45, 7) is 3.66. The van der Waals surface area contributed by atoms with Crippen LogP contribution in [0.5, 0.6) is 0 Å². The van der Waals surface area contributed by atoms with Crippen molar-refractivity contribution in [3.8, 4) is 0 Å². The highest BCUT2D eigenvalue weighted by Gasteiger charge is 2.28. The molecule has 1 aliphatic heterocycles. The molecule has 0 N–H and O–H groups in total. The first-order valence-electron chi connectivity index (χ1n) is 9.28. The van der Waals surface area contributed by atoms with Crippen molar-refractivity contribution in [2.24, 2.45) is 0 Å². The number of rotatable bonds is 7. The predicted molar refractivity (Wildman–Crippen MR) is 107 cm³/mol. The van der Waals surface area contributed by atoms with Crippen LogP contribution < -0.4 is 4.31 Å². The summed E-state index contributed by atoms with van der Waals surface area (Å²) in [5.41, 5.74) is 3.35. The van der Waals surface area contributed by atoms with Gasteiger partial charge in [0.15, 0.2) is 12.4 Å². The van der Waals surface area contributed by atoms with Gasteiger partial charge in [-0.25, -0.2) is 13.2 Å². The first-order chi connectivity index (χ1) is 13.4. The molecule has 0 aromatic heterocycles. The zero-order chi connectivity index (χ0) is 20.3. The SMILES string of the molecule is CCc1ccc(C(=O)OCC(=O)c2ccc3c(c2)CCN3S(=O)(=O)CC)cc1. The average molecular weight is 401 g/mol. The molecule has 0 saturated heterocycles. The molecule has 0 fully saturated rings. The van der Waals surface area contributed by atoms with Crippen LogP contribution in [0.25, 0.3) is 0 Å². The zero-order valence-electron chi connectivity index (χ0n) is 16.0. The molecule has 0 spiro atoms. The summed E-state index contributed by atoms with van der Waals surface area (Å²) in [6, 6.07) is 12.0. The maximum absolute atomic E-state index is 12.4. The monoisotopic (exact) mass is 401 g/mol. The van der Waals surface area contributed by atoms with Crippen molar-refractivity contribution in [3.05, 3.63) is 64.7 Å². The highest BCUT2D eigenvalue weighted by molar-refractivity contribution is 7.92. The molecule has 0 unspecified atom stereocenters. The highest BCUT2D eigenvalue weighted by Crippen LogP contribution is 2.31. The van der Waals surface area contributed by atoms with Crippen LogP contribution in [-0.4, -0.2) is 39.1 Å². The van der Waals surface area contributed by atoms with Crippen LogP contribution in [0.4, 0.5) is 5.69 Å². The summed E-state index contributed by atoms with van der Waals surface area (Å²) in [7, 11) is -3.32. The summed E-state index contributed by atoms with van der Waals surface area (Å²) < 4.78 is 30.8. The topological polar surface area (TPSA) is 80.8 Å². The summed E-state index contributed by atoms with van der Waals surface area (Å²) in [4.78, 5) is 24.5. The summed E-state index contributed by atoms with van der Waals surface area (Å²) in [5, 5.41) is 0. The Morgan fingerprint density at radius 1 is 1.04 bits per heavy atom. The van der Waals surface area contributed by atoms with Gasteiger partial charge in [-0.3, -0.25) is 9.10 Å². The minimum absolute atomic E-state index is 0.0301. The lowest BCUT2D eigenvalue weighted by molar-refractivity contribution is 0.0474. The molecule has 0 amide bonds. The minimum Gasteiger partial charge on any atom is -0.454 e. The third-order valence-corrected chi connectivity index (χ3v) is 6.67. The van der Waals surface area contributed by atoms with E-state index in [-0.39, 0.29) is 18.1 Å². The summed E-state index contributed by atoms with van der Waals surface area (Å²) >= 11 is 0. The van der Waals surface area contributed by atoms with E-state index in [0.717, 1.165) is 17.5 Å². The number of hydrogen-bond donors (Lipinski definition) is 0. The van der Waals surface area contributed by atoms with Gasteiger partial charge in [-0.05, 0) is 61.2 Å². The fourth-order valence-corrected chi connectivity index (χ4v) is 4.32. The summed E-state index contributed by atoms with van der Waals surface area (Å²) in [6.07, 6.45) is 1.43. The number of ether oxygens (including phenoxy) is 1. The zero-order valence-corrected chi connectivity index (χ0v) is 16.8. The van der Waals surface area contributed by atoms with E-state index in [0.29, 0.717) is 29.8 Å². The van der Waals surface area contributed by atoms with E-state index < -0.39 is 16.0 Å². The lowest BCUT2D eigenvalue weighted by atomic mass is 10.1. The molecule has 0 bridgehead atoms. The van der Waals surface area contributed by atoms with E-state index in [1.54, 1.807) is 37.3 Å².